The Hall–Kier alpha value is -2.99. The first-order valence-electron chi connectivity index (χ1n) is 7.58. The molecular formula is C19H18O6. The van der Waals surface area contributed by atoms with Crippen molar-refractivity contribution in [1.82, 2.24) is 0 Å². The predicted molar refractivity (Wildman–Crippen MR) is 93.4 cm³/mol. The SMILES string of the molecule is COCc1c(OC)cc(O)c2c(=O)c(-c3ccc(OC)cc3)coc12. The second-order valence-corrected chi connectivity index (χ2v) is 5.42. The molecule has 3 aromatic rings. The molecule has 0 aliphatic rings. The van der Waals surface area contributed by atoms with Crippen LogP contribution in [0.15, 0.2) is 45.8 Å². The highest BCUT2D eigenvalue weighted by Crippen LogP contribution is 2.35. The Morgan fingerprint density at radius 3 is 2.40 bits per heavy atom. The Morgan fingerprint density at radius 1 is 1.08 bits per heavy atom. The lowest BCUT2D eigenvalue weighted by molar-refractivity contribution is 0.181. The lowest BCUT2D eigenvalue weighted by atomic mass is 10.0. The van der Waals surface area contributed by atoms with Crippen molar-refractivity contribution in [3.8, 4) is 28.4 Å². The molecule has 0 amide bonds. The van der Waals surface area contributed by atoms with E-state index in [1.807, 2.05) is 0 Å². The highest BCUT2D eigenvalue weighted by atomic mass is 16.5. The summed E-state index contributed by atoms with van der Waals surface area (Å²) in [5, 5.41) is 10.4. The number of fused-ring (bicyclic) bond motifs is 1. The van der Waals surface area contributed by atoms with Crippen molar-refractivity contribution < 1.29 is 23.7 Å². The van der Waals surface area contributed by atoms with E-state index >= 15 is 0 Å². The van der Waals surface area contributed by atoms with Crippen LogP contribution < -0.4 is 14.9 Å². The monoisotopic (exact) mass is 342 g/mol. The molecule has 0 fully saturated rings. The van der Waals surface area contributed by atoms with Gasteiger partial charge in [-0.25, -0.2) is 0 Å². The summed E-state index contributed by atoms with van der Waals surface area (Å²) >= 11 is 0. The van der Waals surface area contributed by atoms with Crippen molar-refractivity contribution in [2.75, 3.05) is 21.3 Å². The molecule has 0 aliphatic carbocycles. The van der Waals surface area contributed by atoms with Crippen LogP contribution in [0.5, 0.6) is 17.2 Å². The molecule has 0 unspecified atom stereocenters. The number of methoxy groups -OCH3 is 3. The Labute approximate surface area is 144 Å². The molecule has 130 valence electrons. The highest BCUT2D eigenvalue weighted by Gasteiger charge is 2.19. The van der Waals surface area contributed by atoms with Crippen molar-refractivity contribution >= 4 is 11.0 Å². The van der Waals surface area contributed by atoms with Crippen molar-refractivity contribution in [3.63, 3.8) is 0 Å². The predicted octanol–water partition coefficient (Wildman–Crippen LogP) is 3.33. The number of hydrogen-bond acceptors (Lipinski definition) is 6. The van der Waals surface area contributed by atoms with Crippen LogP contribution >= 0.6 is 0 Å². The van der Waals surface area contributed by atoms with Crippen LogP contribution in [-0.4, -0.2) is 26.4 Å². The lowest BCUT2D eigenvalue weighted by Gasteiger charge is -2.12. The van der Waals surface area contributed by atoms with Crippen molar-refractivity contribution in [2.45, 2.75) is 6.61 Å². The smallest absolute Gasteiger partial charge is 0.204 e. The first-order chi connectivity index (χ1) is 12.1. The zero-order valence-electron chi connectivity index (χ0n) is 14.2. The topological polar surface area (TPSA) is 78.1 Å². The molecule has 25 heavy (non-hydrogen) atoms. The fourth-order valence-corrected chi connectivity index (χ4v) is 2.75. The minimum Gasteiger partial charge on any atom is -0.507 e. The summed E-state index contributed by atoms with van der Waals surface area (Å²) in [6.45, 7) is 0.185. The van der Waals surface area contributed by atoms with E-state index in [9.17, 15) is 9.90 Å². The Morgan fingerprint density at radius 2 is 1.80 bits per heavy atom. The molecule has 1 aromatic heterocycles. The number of aromatic hydroxyl groups is 1. The van der Waals surface area contributed by atoms with E-state index in [-0.39, 0.29) is 28.8 Å². The number of benzene rings is 2. The lowest BCUT2D eigenvalue weighted by Crippen LogP contribution is -2.07. The zero-order chi connectivity index (χ0) is 18.0. The van der Waals surface area contributed by atoms with Crippen LogP contribution in [0.2, 0.25) is 0 Å². The molecule has 6 heteroatoms. The molecule has 0 atom stereocenters. The minimum atomic E-state index is -0.330. The summed E-state index contributed by atoms with van der Waals surface area (Å²) in [4.78, 5) is 12.9. The second kappa shape index (κ2) is 6.86. The highest BCUT2D eigenvalue weighted by molar-refractivity contribution is 5.90. The summed E-state index contributed by atoms with van der Waals surface area (Å²) < 4.78 is 21.2. The molecule has 0 bridgehead atoms. The van der Waals surface area contributed by atoms with Crippen molar-refractivity contribution in [2.24, 2.45) is 0 Å². The summed E-state index contributed by atoms with van der Waals surface area (Å²) in [5.41, 5.74) is 1.50. The maximum absolute atomic E-state index is 12.9. The maximum Gasteiger partial charge on any atom is 0.204 e. The Bertz CT molecular complexity index is 956. The number of rotatable bonds is 5. The van der Waals surface area contributed by atoms with Crippen LogP contribution in [0.3, 0.4) is 0 Å². The third-order valence-corrected chi connectivity index (χ3v) is 4.00. The van der Waals surface area contributed by atoms with Crippen LogP contribution in [0.1, 0.15) is 5.56 Å². The van der Waals surface area contributed by atoms with Gasteiger partial charge in [-0.2, -0.15) is 0 Å². The molecule has 0 saturated carbocycles. The van der Waals surface area contributed by atoms with E-state index in [4.69, 9.17) is 18.6 Å². The molecule has 3 rings (SSSR count). The molecule has 0 spiro atoms. The van der Waals surface area contributed by atoms with Gasteiger partial charge in [-0.1, -0.05) is 12.1 Å². The maximum atomic E-state index is 12.9. The average Bonchev–Trinajstić information content (AvgIpc) is 2.64. The van der Waals surface area contributed by atoms with E-state index in [1.165, 1.54) is 26.5 Å². The molecule has 6 nitrogen and oxygen atoms in total. The van der Waals surface area contributed by atoms with Gasteiger partial charge in [0.05, 0.1) is 32.0 Å². The molecular weight excluding hydrogens is 324 g/mol. The standard InChI is InChI=1S/C19H18O6/c1-22-9-14-16(24-3)8-15(20)17-18(21)13(10-25-19(14)17)11-4-6-12(23-2)7-5-11/h4-8,10,20H,9H2,1-3H3. The van der Waals surface area contributed by atoms with Gasteiger partial charge in [-0.05, 0) is 17.7 Å². The van der Waals surface area contributed by atoms with Crippen molar-refractivity contribution in [3.05, 3.63) is 52.4 Å². The van der Waals surface area contributed by atoms with Crippen LogP contribution in [-0.2, 0) is 11.3 Å². The molecule has 0 radical (unpaired) electrons. The number of phenolic OH excluding ortho intramolecular Hbond substituents is 1. The number of phenols is 1. The van der Waals surface area contributed by atoms with Gasteiger partial charge < -0.3 is 23.7 Å². The summed E-state index contributed by atoms with van der Waals surface area (Å²) in [7, 11) is 4.58. The summed E-state index contributed by atoms with van der Waals surface area (Å²) in [6, 6.07) is 8.42. The second-order valence-electron chi connectivity index (χ2n) is 5.42. The van der Waals surface area contributed by atoms with E-state index in [2.05, 4.69) is 0 Å². The van der Waals surface area contributed by atoms with Gasteiger partial charge in [0.25, 0.3) is 0 Å². The van der Waals surface area contributed by atoms with Gasteiger partial charge >= 0.3 is 0 Å². The van der Waals surface area contributed by atoms with Gasteiger partial charge in [0.1, 0.15) is 28.9 Å². The van der Waals surface area contributed by atoms with Crippen molar-refractivity contribution in [1.29, 1.82) is 0 Å². The van der Waals surface area contributed by atoms with Gasteiger partial charge in [0.15, 0.2) is 5.58 Å². The Kier molecular flexibility index (Phi) is 4.63. The third-order valence-electron chi connectivity index (χ3n) is 4.00. The van der Waals surface area contributed by atoms with Crippen LogP contribution in [0.4, 0.5) is 0 Å². The van der Waals surface area contributed by atoms with Crippen LogP contribution in [0.25, 0.3) is 22.1 Å². The fraction of sp³-hybridized carbons (Fsp3) is 0.211. The zero-order valence-corrected chi connectivity index (χ0v) is 14.2. The van der Waals surface area contributed by atoms with Gasteiger partial charge in [0, 0.05) is 13.2 Å². The van der Waals surface area contributed by atoms with E-state index in [0.29, 0.717) is 28.2 Å². The summed E-state index contributed by atoms with van der Waals surface area (Å²) in [5.74, 6) is 0.881. The third kappa shape index (κ3) is 2.92. The van der Waals surface area contributed by atoms with E-state index in [0.717, 1.165) is 0 Å². The van der Waals surface area contributed by atoms with E-state index in [1.54, 1.807) is 31.4 Å². The number of hydrogen-bond donors (Lipinski definition) is 1. The van der Waals surface area contributed by atoms with Gasteiger partial charge in [0.2, 0.25) is 5.43 Å². The number of ether oxygens (including phenoxy) is 3. The van der Waals surface area contributed by atoms with Crippen LogP contribution in [0, 0.1) is 0 Å². The molecule has 0 saturated heterocycles. The molecule has 0 aliphatic heterocycles. The Balaban J connectivity index is 2.26. The molecule has 2 aromatic carbocycles. The minimum absolute atomic E-state index is 0.0983. The normalized spacial score (nSPS) is 10.8. The van der Waals surface area contributed by atoms with Gasteiger partial charge in [-0.15, -0.1) is 0 Å². The van der Waals surface area contributed by atoms with Gasteiger partial charge in [-0.3, -0.25) is 4.79 Å². The molecule has 1 N–H and O–H groups in total. The first-order valence-corrected chi connectivity index (χ1v) is 7.58. The average molecular weight is 342 g/mol. The largest absolute Gasteiger partial charge is 0.507 e. The quantitative estimate of drug-likeness (QED) is 0.766. The summed E-state index contributed by atoms with van der Waals surface area (Å²) in [6.07, 6.45) is 1.38. The fourth-order valence-electron chi connectivity index (χ4n) is 2.75. The van der Waals surface area contributed by atoms with E-state index < -0.39 is 0 Å². The first kappa shape index (κ1) is 16.9. The molecule has 1 heterocycles.